The highest BCUT2D eigenvalue weighted by atomic mass is 32.2. The number of hydrogen-bond donors (Lipinski definition) is 1. The van der Waals surface area contributed by atoms with Crippen molar-refractivity contribution in [3.63, 3.8) is 0 Å². The fourth-order valence-electron chi connectivity index (χ4n) is 6.95. The van der Waals surface area contributed by atoms with Crippen molar-refractivity contribution in [2.24, 2.45) is 5.41 Å². The van der Waals surface area contributed by atoms with Gasteiger partial charge in [-0.25, -0.2) is 12.8 Å². The van der Waals surface area contributed by atoms with E-state index in [-0.39, 0.29) is 24.1 Å². The van der Waals surface area contributed by atoms with E-state index in [9.17, 15) is 13.2 Å². The van der Waals surface area contributed by atoms with Gasteiger partial charge in [-0.2, -0.15) is 0 Å². The summed E-state index contributed by atoms with van der Waals surface area (Å²) in [5.74, 6) is 1.08. The maximum Gasteiger partial charge on any atom is 0.306 e. The molecule has 0 spiro atoms. The topological polar surface area (TPSA) is 100 Å². The lowest BCUT2D eigenvalue weighted by molar-refractivity contribution is -0.141. The molecule has 234 valence electrons. The van der Waals surface area contributed by atoms with Crippen LogP contribution in [-0.4, -0.2) is 52.9 Å². The largest absolute Gasteiger partial charge is 0.492 e. The van der Waals surface area contributed by atoms with Crippen molar-refractivity contribution < 1.29 is 36.6 Å². The van der Waals surface area contributed by atoms with Crippen LogP contribution < -0.4 is 19.5 Å². The van der Waals surface area contributed by atoms with Crippen LogP contribution in [-0.2, 0) is 25.8 Å². The number of fused-ring (bicyclic) bond motifs is 2. The van der Waals surface area contributed by atoms with Crippen molar-refractivity contribution in [3.8, 4) is 28.4 Å². The normalized spacial score (nSPS) is 20.6. The van der Waals surface area contributed by atoms with Gasteiger partial charge < -0.3 is 24.3 Å². The van der Waals surface area contributed by atoms with Gasteiger partial charge in [0.15, 0.2) is 9.84 Å². The second-order valence-corrected chi connectivity index (χ2v) is 14.7. The van der Waals surface area contributed by atoms with Crippen LogP contribution in [0.3, 0.4) is 0 Å². The van der Waals surface area contributed by atoms with E-state index in [1.807, 2.05) is 57.2 Å². The number of methoxy groups -OCH3 is 1. The molecule has 8 nitrogen and oxygen atoms in total. The van der Waals surface area contributed by atoms with Gasteiger partial charge in [0, 0.05) is 47.9 Å². The van der Waals surface area contributed by atoms with Crippen LogP contribution in [0, 0.1) is 25.1 Å². The Morgan fingerprint density at radius 1 is 1.11 bits per heavy atom. The molecule has 3 aliphatic rings. The second-order valence-electron chi connectivity index (χ2n) is 12.6. The fourth-order valence-corrected chi connectivity index (χ4v) is 8.43. The Kier molecular flexibility index (Phi) is 7.86. The number of ether oxygens (including phenoxy) is 4. The summed E-state index contributed by atoms with van der Waals surface area (Å²) in [6, 6.07) is 12.6. The molecule has 10 heteroatoms. The van der Waals surface area contributed by atoms with E-state index in [1.54, 1.807) is 0 Å². The predicted molar refractivity (Wildman–Crippen MR) is 165 cm³/mol. The number of carbonyl (C=O) groups excluding carboxylic acids is 1. The Morgan fingerprint density at radius 2 is 1.84 bits per heavy atom. The zero-order valence-corrected chi connectivity index (χ0v) is 26.5. The van der Waals surface area contributed by atoms with Gasteiger partial charge in [0.05, 0.1) is 20.1 Å². The highest BCUT2D eigenvalue weighted by Gasteiger charge is 2.47. The summed E-state index contributed by atoms with van der Waals surface area (Å²) >= 11 is 0. The number of carbonyl (C=O) groups is 1. The lowest BCUT2D eigenvalue weighted by Crippen LogP contribution is -2.61. The predicted octanol–water partition coefficient (Wildman–Crippen LogP) is 5.57. The van der Waals surface area contributed by atoms with Crippen molar-refractivity contribution >= 4 is 15.8 Å². The number of nitrogens with one attached hydrogen (secondary N) is 1. The molecule has 2 heterocycles. The standard InChI is InChI=1S/C34H38FNO7S/c1-19-12-23(43-33(44(5,38)39)34(3)17-36-18-34)13-20(2)31(19)25-8-10-27(35)32-26(25)9-11-28(32)42-22-6-7-24-21(14-30(37)40-4)16-41-29(24)15-22/h6-8,10,12-13,15,21,28,33,36H,9,11,14,16-18H2,1-5H3/t21?,28-,33?/m1/s1. The molecule has 44 heavy (non-hydrogen) atoms. The van der Waals surface area contributed by atoms with Crippen LogP contribution in [0.25, 0.3) is 11.1 Å². The second kappa shape index (κ2) is 11.4. The summed E-state index contributed by atoms with van der Waals surface area (Å²) < 4.78 is 63.8. The number of rotatable bonds is 9. The summed E-state index contributed by atoms with van der Waals surface area (Å²) in [6.45, 7) is 7.38. The molecule has 3 atom stereocenters. The molecular formula is C34H38FNO7S. The Balaban J connectivity index is 1.26. The minimum absolute atomic E-state index is 0.0717. The highest BCUT2D eigenvalue weighted by molar-refractivity contribution is 7.91. The van der Waals surface area contributed by atoms with Gasteiger partial charge in [0.2, 0.25) is 5.44 Å². The molecular weight excluding hydrogens is 585 g/mol. The summed E-state index contributed by atoms with van der Waals surface area (Å²) in [4.78, 5) is 11.8. The zero-order chi connectivity index (χ0) is 31.4. The molecule has 0 bridgehead atoms. The molecule has 2 aliphatic heterocycles. The third-order valence-electron chi connectivity index (χ3n) is 9.10. The third kappa shape index (κ3) is 5.54. The molecule has 3 aromatic carbocycles. The van der Waals surface area contributed by atoms with Crippen LogP contribution in [0.4, 0.5) is 4.39 Å². The minimum atomic E-state index is -3.47. The molecule has 0 amide bonds. The number of esters is 1. The highest BCUT2D eigenvalue weighted by Crippen LogP contribution is 2.45. The first-order valence-electron chi connectivity index (χ1n) is 14.9. The first-order chi connectivity index (χ1) is 20.9. The monoisotopic (exact) mass is 623 g/mol. The van der Waals surface area contributed by atoms with Crippen LogP contribution in [0.15, 0.2) is 42.5 Å². The fraction of sp³-hybridized carbons (Fsp3) is 0.441. The van der Waals surface area contributed by atoms with Gasteiger partial charge >= 0.3 is 5.97 Å². The number of hydrogen-bond acceptors (Lipinski definition) is 8. The van der Waals surface area contributed by atoms with Gasteiger partial charge in [0.1, 0.15) is 29.2 Å². The Bertz CT molecular complexity index is 1710. The van der Waals surface area contributed by atoms with Crippen molar-refractivity contribution in [1.82, 2.24) is 5.32 Å². The van der Waals surface area contributed by atoms with E-state index in [0.717, 1.165) is 33.4 Å². The molecule has 0 radical (unpaired) electrons. The summed E-state index contributed by atoms with van der Waals surface area (Å²) in [5, 5.41) is 3.15. The summed E-state index contributed by atoms with van der Waals surface area (Å²) in [7, 11) is -2.10. The SMILES string of the molecule is COC(=O)CC1COc2cc(O[C@@H]3CCc4c(-c5c(C)cc(OC(C6(C)CNC6)S(C)(=O)=O)cc5C)ccc(F)c43)ccc21. The molecule has 1 fully saturated rings. The van der Waals surface area contributed by atoms with Gasteiger partial charge in [-0.3, -0.25) is 4.79 Å². The first kappa shape index (κ1) is 30.4. The molecule has 1 N–H and O–H groups in total. The van der Waals surface area contributed by atoms with Crippen LogP contribution in [0.5, 0.6) is 17.2 Å². The van der Waals surface area contributed by atoms with E-state index in [2.05, 4.69) is 5.32 Å². The first-order valence-corrected chi connectivity index (χ1v) is 16.8. The summed E-state index contributed by atoms with van der Waals surface area (Å²) in [5.41, 5.74) is 4.67. The van der Waals surface area contributed by atoms with E-state index in [0.29, 0.717) is 55.4 Å². The lowest BCUT2D eigenvalue weighted by Gasteiger charge is -2.44. The molecule has 3 aromatic rings. The molecule has 0 saturated carbocycles. The third-order valence-corrected chi connectivity index (χ3v) is 10.5. The molecule has 2 unspecified atom stereocenters. The van der Waals surface area contributed by atoms with Gasteiger partial charge in [0.25, 0.3) is 0 Å². The van der Waals surface area contributed by atoms with Gasteiger partial charge in [-0.15, -0.1) is 0 Å². The Labute approximate surface area is 257 Å². The Morgan fingerprint density at radius 3 is 2.48 bits per heavy atom. The maximum atomic E-state index is 15.4. The van der Waals surface area contributed by atoms with E-state index < -0.39 is 26.8 Å². The van der Waals surface area contributed by atoms with Crippen LogP contribution >= 0.6 is 0 Å². The molecule has 6 rings (SSSR count). The van der Waals surface area contributed by atoms with Gasteiger partial charge in [-0.1, -0.05) is 19.1 Å². The quantitative estimate of drug-likeness (QED) is 0.309. The number of benzene rings is 3. The van der Waals surface area contributed by atoms with Crippen molar-refractivity contribution in [2.45, 2.75) is 57.5 Å². The van der Waals surface area contributed by atoms with Crippen LogP contribution in [0.2, 0.25) is 0 Å². The van der Waals surface area contributed by atoms with Crippen molar-refractivity contribution in [2.75, 3.05) is 33.1 Å². The zero-order valence-electron chi connectivity index (χ0n) is 25.7. The number of halogens is 1. The van der Waals surface area contributed by atoms with Gasteiger partial charge in [-0.05, 0) is 78.8 Å². The maximum absolute atomic E-state index is 15.4. The molecule has 0 aromatic heterocycles. The van der Waals surface area contributed by atoms with E-state index >= 15 is 4.39 Å². The van der Waals surface area contributed by atoms with Crippen molar-refractivity contribution in [3.05, 3.63) is 76.1 Å². The number of sulfone groups is 1. The molecule has 1 saturated heterocycles. The average molecular weight is 624 g/mol. The van der Waals surface area contributed by atoms with Crippen LogP contribution in [0.1, 0.15) is 59.6 Å². The smallest absolute Gasteiger partial charge is 0.306 e. The minimum Gasteiger partial charge on any atom is -0.492 e. The number of aryl methyl sites for hydroxylation is 2. The Hall–Kier alpha value is -3.63. The van der Waals surface area contributed by atoms with E-state index in [4.69, 9.17) is 18.9 Å². The summed E-state index contributed by atoms with van der Waals surface area (Å²) in [6.07, 6.45) is 2.26. The van der Waals surface area contributed by atoms with E-state index in [1.165, 1.54) is 19.4 Å². The average Bonchev–Trinajstić information content (AvgIpc) is 3.55. The lowest BCUT2D eigenvalue weighted by atomic mass is 9.85. The molecule has 1 aliphatic carbocycles. The van der Waals surface area contributed by atoms with Crippen molar-refractivity contribution in [1.29, 1.82) is 0 Å².